The molecule has 4 N–H and O–H groups in total. The molecule has 0 aromatic heterocycles. The van der Waals surface area contributed by atoms with E-state index < -0.39 is 11.7 Å². The van der Waals surface area contributed by atoms with Gasteiger partial charge in [0.15, 0.2) is 0 Å². The summed E-state index contributed by atoms with van der Waals surface area (Å²) in [7, 11) is 0. The largest absolute Gasteiger partial charge is 0.418 e. The summed E-state index contributed by atoms with van der Waals surface area (Å²) in [5, 5.41) is 5.38. The second-order valence-electron chi connectivity index (χ2n) is 4.50. The zero-order valence-corrected chi connectivity index (χ0v) is 10.1. The summed E-state index contributed by atoms with van der Waals surface area (Å²) in [5.74, 6) is -0.229. The van der Waals surface area contributed by atoms with E-state index in [4.69, 9.17) is 5.73 Å². The van der Waals surface area contributed by atoms with Crippen molar-refractivity contribution in [1.29, 1.82) is 0 Å². The molecule has 1 amide bonds. The van der Waals surface area contributed by atoms with Crippen LogP contribution in [0.25, 0.3) is 0 Å². The van der Waals surface area contributed by atoms with E-state index in [1.807, 2.05) is 0 Å². The van der Waals surface area contributed by atoms with Gasteiger partial charge >= 0.3 is 6.18 Å². The topological polar surface area (TPSA) is 67.1 Å². The fourth-order valence-electron chi connectivity index (χ4n) is 1.60. The molecule has 0 radical (unpaired) electrons. The van der Waals surface area contributed by atoms with Crippen molar-refractivity contribution >= 4 is 17.3 Å². The van der Waals surface area contributed by atoms with E-state index in [0.29, 0.717) is 0 Å². The maximum atomic E-state index is 12.6. The Labute approximate surface area is 108 Å². The third-order valence-corrected chi connectivity index (χ3v) is 2.75. The van der Waals surface area contributed by atoms with Crippen LogP contribution in [0.3, 0.4) is 0 Å². The molecule has 1 aliphatic rings. The summed E-state index contributed by atoms with van der Waals surface area (Å²) >= 11 is 0. The van der Waals surface area contributed by atoms with E-state index >= 15 is 0 Å². The van der Waals surface area contributed by atoms with Crippen molar-refractivity contribution in [2.24, 2.45) is 0 Å². The highest BCUT2D eigenvalue weighted by Crippen LogP contribution is 2.35. The minimum atomic E-state index is -4.50. The molecule has 0 aliphatic heterocycles. The van der Waals surface area contributed by atoms with E-state index in [1.165, 1.54) is 12.1 Å². The van der Waals surface area contributed by atoms with Crippen molar-refractivity contribution in [3.05, 3.63) is 23.8 Å². The van der Waals surface area contributed by atoms with Gasteiger partial charge in [-0.25, -0.2) is 0 Å². The van der Waals surface area contributed by atoms with Gasteiger partial charge in [0.25, 0.3) is 0 Å². The molecule has 1 aromatic rings. The Morgan fingerprint density at radius 2 is 2.05 bits per heavy atom. The van der Waals surface area contributed by atoms with E-state index in [2.05, 4.69) is 10.6 Å². The number of anilines is 2. The zero-order valence-electron chi connectivity index (χ0n) is 10.1. The number of nitrogen functional groups attached to an aromatic ring is 1. The number of carbonyl (C=O) groups excluding carboxylic acids is 1. The fourth-order valence-corrected chi connectivity index (χ4v) is 1.60. The molecule has 0 heterocycles. The monoisotopic (exact) mass is 273 g/mol. The summed E-state index contributed by atoms with van der Waals surface area (Å²) in [4.78, 5) is 11.4. The molecule has 2 rings (SSSR count). The normalized spacial score (nSPS) is 15.1. The Balaban J connectivity index is 1.98. The second-order valence-corrected chi connectivity index (χ2v) is 4.50. The standard InChI is InChI=1S/C12H14F3N3O/c13-12(14,15)9-5-8(3-4-10(9)16)17-6-11(19)18-7-1-2-7/h3-5,7,17H,1-2,6,16H2,(H,18,19). The lowest BCUT2D eigenvalue weighted by Gasteiger charge is -2.13. The van der Waals surface area contributed by atoms with E-state index in [1.54, 1.807) is 0 Å². The van der Waals surface area contributed by atoms with E-state index in [-0.39, 0.29) is 29.9 Å². The quantitative estimate of drug-likeness (QED) is 0.735. The summed E-state index contributed by atoms with van der Waals surface area (Å²) in [5.41, 5.74) is 4.26. The number of carbonyl (C=O) groups is 1. The first-order valence-electron chi connectivity index (χ1n) is 5.86. The minimum Gasteiger partial charge on any atom is -0.398 e. The van der Waals surface area contributed by atoms with Gasteiger partial charge in [0.2, 0.25) is 5.91 Å². The molecule has 1 fully saturated rings. The molecular weight excluding hydrogens is 259 g/mol. The Hall–Kier alpha value is -1.92. The SMILES string of the molecule is Nc1ccc(NCC(=O)NC2CC2)cc1C(F)(F)F. The molecule has 7 heteroatoms. The van der Waals surface area contributed by atoms with E-state index in [0.717, 1.165) is 18.9 Å². The highest BCUT2D eigenvalue weighted by Gasteiger charge is 2.33. The third kappa shape index (κ3) is 3.77. The molecule has 1 saturated carbocycles. The average Bonchev–Trinajstić information content (AvgIpc) is 3.10. The number of amides is 1. The van der Waals surface area contributed by atoms with Gasteiger partial charge in [0, 0.05) is 17.4 Å². The first kappa shape index (κ1) is 13.5. The van der Waals surface area contributed by atoms with Crippen molar-refractivity contribution in [2.75, 3.05) is 17.6 Å². The van der Waals surface area contributed by atoms with Gasteiger partial charge in [-0.2, -0.15) is 13.2 Å². The number of alkyl halides is 3. The Morgan fingerprint density at radius 1 is 1.37 bits per heavy atom. The maximum absolute atomic E-state index is 12.6. The van der Waals surface area contributed by atoms with Crippen molar-refractivity contribution in [1.82, 2.24) is 5.32 Å². The van der Waals surface area contributed by atoms with Gasteiger partial charge in [-0.15, -0.1) is 0 Å². The van der Waals surface area contributed by atoms with Gasteiger partial charge in [-0.3, -0.25) is 4.79 Å². The summed E-state index contributed by atoms with van der Waals surface area (Å²) in [6.45, 7) is -0.0578. The predicted octanol–water partition coefficient (Wildman–Crippen LogP) is 1.98. The lowest BCUT2D eigenvalue weighted by atomic mass is 10.1. The molecule has 4 nitrogen and oxygen atoms in total. The van der Waals surface area contributed by atoms with Crippen LogP contribution in [0.2, 0.25) is 0 Å². The predicted molar refractivity (Wildman–Crippen MR) is 65.5 cm³/mol. The van der Waals surface area contributed by atoms with Crippen molar-refractivity contribution in [3.8, 4) is 0 Å². The molecule has 0 bridgehead atoms. The van der Waals surface area contributed by atoms with Gasteiger partial charge in [0.1, 0.15) is 0 Å². The molecule has 0 atom stereocenters. The Bertz CT molecular complexity index is 484. The number of halogens is 3. The molecule has 0 spiro atoms. The summed E-state index contributed by atoms with van der Waals surface area (Å²) in [6, 6.07) is 3.71. The smallest absolute Gasteiger partial charge is 0.398 e. The number of hydrogen-bond acceptors (Lipinski definition) is 3. The number of benzene rings is 1. The highest BCUT2D eigenvalue weighted by atomic mass is 19.4. The molecule has 0 saturated heterocycles. The van der Waals surface area contributed by atoms with Gasteiger partial charge < -0.3 is 16.4 Å². The van der Waals surface area contributed by atoms with Crippen molar-refractivity contribution in [2.45, 2.75) is 25.1 Å². The average molecular weight is 273 g/mol. The molecular formula is C12H14F3N3O. The van der Waals surface area contributed by atoms with Crippen LogP contribution in [-0.4, -0.2) is 18.5 Å². The number of nitrogens with one attached hydrogen (secondary N) is 2. The minimum absolute atomic E-state index is 0.0578. The molecule has 0 unspecified atom stereocenters. The molecule has 1 aliphatic carbocycles. The first-order valence-corrected chi connectivity index (χ1v) is 5.86. The number of nitrogens with two attached hydrogens (primary N) is 1. The van der Waals surface area contributed by atoms with Crippen molar-refractivity contribution < 1.29 is 18.0 Å². The van der Waals surface area contributed by atoms with Gasteiger partial charge in [-0.05, 0) is 31.0 Å². The van der Waals surface area contributed by atoms with Gasteiger partial charge in [-0.1, -0.05) is 0 Å². The first-order chi connectivity index (χ1) is 8.86. The van der Waals surface area contributed by atoms with Crippen LogP contribution in [0.1, 0.15) is 18.4 Å². The number of hydrogen-bond donors (Lipinski definition) is 3. The maximum Gasteiger partial charge on any atom is 0.418 e. The fraction of sp³-hybridized carbons (Fsp3) is 0.417. The third-order valence-electron chi connectivity index (χ3n) is 2.75. The molecule has 1 aromatic carbocycles. The van der Waals surface area contributed by atoms with Crippen LogP contribution in [0.15, 0.2) is 18.2 Å². The molecule has 104 valence electrons. The van der Waals surface area contributed by atoms with Gasteiger partial charge in [0.05, 0.1) is 12.1 Å². The Morgan fingerprint density at radius 3 is 2.63 bits per heavy atom. The second kappa shape index (κ2) is 4.99. The Kier molecular flexibility index (Phi) is 3.55. The van der Waals surface area contributed by atoms with Crippen LogP contribution in [-0.2, 0) is 11.0 Å². The van der Waals surface area contributed by atoms with Crippen LogP contribution < -0.4 is 16.4 Å². The van der Waals surface area contributed by atoms with Crippen LogP contribution in [0.5, 0.6) is 0 Å². The number of rotatable bonds is 4. The lowest BCUT2D eigenvalue weighted by Crippen LogP contribution is -2.31. The van der Waals surface area contributed by atoms with Crippen LogP contribution >= 0.6 is 0 Å². The van der Waals surface area contributed by atoms with Crippen LogP contribution in [0, 0.1) is 0 Å². The van der Waals surface area contributed by atoms with Crippen LogP contribution in [0.4, 0.5) is 24.5 Å². The highest BCUT2D eigenvalue weighted by molar-refractivity contribution is 5.81. The summed E-state index contributed by atoms with van der Waals surface area (Å²) < 4.78 is 37.9. The van der Waals surface area contributed by atoms with Crippen molar-refractivity contribution in [3.63, 3.8) is 0 Å². The molecule has 19 heavy (non-hydrogen) atoms. The lowest BCUT2D eigenvalue weighted by molar-refractivity contribution is -0.136. The summed E-state index contributed by atoms with van der Waals surface area (Å²) in [6.07, 6.45) is -2.57. The zero-order chi connectivity index (χ0) is 14.0. The van der Waals surface area contributed by atoms with E-state index in [9.17, 15) is 18.0 Å².